The van der Waals surface area contributed by atoms with Gasteiger partial charge in [-0.3, -0.25) is 9.69 Å². The quantitative estimate of drug-likeness (QED) is 0.830. The first kappa shape index (κ1) is 14.0. The number of aromatic nitrogens is 1. The van der Waals surface area contributed by atoms with Gasteiger partial charge in [-0.2, -0.15) is 0 Å². The van der Waals surface area contributed by atoms with Gasteiger partial charge in [-0.05, 0) is 39.3 Å². The summed E-state index contributed by atoms with van der Waals surface area (Å²) in [6.07, 6.45) is 3.48. The van der Waals surface area contributed by atoms with Crippen molar-refractivity contribution in [3.05, 3.63) is 11.8 Å². The second kappa shape index (κ2) is 6.16. The number of anilines is 1. The predicted molar refractivity (Wildman–Crippen MR) is 72.7 cm³/mol. The van der Waals surface area contributed by atoms with E-state index in [4.69, 9.17) is 10.3 Å². The number of carbonyl (C=O) groups is 1. The van der Waals surface area contributed by atoms with Crippen LogP contribution >= 0.6 is 0 Å². The maximum Gasteiger partial charge on any atom is 0.239 e. The summed E-state index contributed by atoms with van der Waals surface area (Å²) < 4.78 is 4.91. The summed E-state index contributed by atoms with van der Waals surface area (Å²) in [4.78, 5) is 14.0. The van der Waals surface area contributed by atoms with Crippen LogP contribution in [-0.2, 0) is 4.79 Å². The van der Waals surface area contributed by atoms with Gasteiger partial charge in [0.15, 0.2) is 5.82 Å². The van der Waals surface area contributed by atoms with E-state index in [1.165, 1.54) is 6.42 Å². The van der Waals surface area contributed by atoms with E-state index in [-0.39, 0.29) is 5.91 Å². The van der Waals surface area contributed by atoms with E-state index < -0.39 is 0 Å². The molecule has 0 aromatic carbocycles. The van der Waals surface area contributed by atoms with Crippen molar-refractivity contribution in [1.29, 1.82) is 0 Å². The summed E-state index contributed by atoms with van der Waals surface area (Å²) in [6, 6.07) is 2.12. The van der Waals surface area contributed by atoms with Crippen LogP contribution in [0.2, 0.25) is 0 Å². The highest BCUT2D eigenvalue weighted by Gasteiger charge is 2.30. The van der Waals surface area contributed by atoms with Gasteiger partial charge in [-0.1, -0.05) is 11.6 Å². The van der Waals surface area contributed by atoms with Crippen molar-refractivity contribution >= 4 is 11.7 Å². The van der Waals surface area contributed by atoms with Crippen LogP contribution < -0.4 is 11.1 Å². The van der Waals surface area contributed by atoms with E-state index in [0.717, 1.165) is 12.8 Å². The van der Waals surface area contributed by atoms with Crippen LogP contribution in [0.25, 0.3) is 0 Å². The molecule has 19 heavy (non-hydrogen) atoms. The van der Waals surface area contributed by atoms with E-state index in [1.54, 1.807) is 13.0 Å². The second-order valence-corrected chi connectivity index (χ2v) is 5.28. The Morgan fingerprint density at radius 1 is 1.63 bits per heavy atom. The molecular weight excluding hydrogens is 244 g/mol. The molecule has 0 bridgehead atoms. The number of likely N-dealkylation sites (N-methyl/N-ethyl adjacent to an activating group) is 1. The number of nitrogens with zero attached hydrogens (tertiary/aromatic N) is 2. The molecule has 1 aliphatic carbocycles. The summed E-state index contributed by atoms with van der Waals surface area (Å²) in [6.45, 7) is 2.84. The van der Waals surface area contributed by atoms with Gasteiger partial charge in [0.05, 0.1) is 6.54 Å². The fourth-order valence-corrected chi connectivity index (χ4v) is 2.82. The fourth-order valence-electron chi connectivity index (χ4n) is 2.82. The van der Waals surface area contributed by atoms with Crippen LogP contribution in [0.3, 0.4) is 0 Å². The highest BCUT2D eigenvalue weighted by Crippen LogP contribution is 2.28. The van der Waals surface area contributed by atoms with Gasteiger partial charge < -0.3 is 15.6 Å². The van der Waals surface area contributed by atoms with Crippen LogP contribution in [0.15, 0.2) is 10.6 Å². The first-order valence-corrected chi connectivity index (χ1v) is 6.73. The molecule has 6 heteroatoms. The van der Waals surface area contributed by atoms with Gasteiger partial charge in [0.1, 0.15) is 5.76 Å². The molecule has 0 radical (unpaired) electrons. The first-order valence-electron chi connectivity index (χ1n) is 6.73. The molecule has 1 heterocycles. The molecule has 1 fully saturated rings. The largest absolute Gasteiger partial charge is 0.360 e. The first-order chi connectivity index (χ1) is 9.10. The Morgan fingerprint density at radius 2 is 2.42 bits per heavy atom. The number of aryl methyl sites for hydroxylation is 1. The minimum atomic E-state index is -0.0709. The SMILES string of the molecule is Cc1cc(NC(=O)CN(C)C2CCCC2CN)no1. The van der Waals surface area contributed by atoms with Crippen molar-refractivity contribution < 1.29 is 9.32 Å². The van der Waals surface area contributed by atoms with Crippen LogP contribution in [0.4, 0.5) is 5.82 Å². The Balaban J connectivity index is 1.84. The Labute approximate surface area is 113 Å². The molecule has 1 aromatic rings. The van der Waals surface area contributed by atoms with E-state index in [2.05, 4.69) is 15.4 Å². The van der Waals surface area contributed by atoms with E-state index in [1.807, 2.05) is 7.05 Å². The number of rotatable bonds is 5. The molecule has 106 valence electrons. The molecular formula is C13H22N4O2. The molecule has 0 saturated heterocycles. The lowest BCUT2D eigenvalue weighted by Gasteiger charge is -2.28. The third-order valence-electron chi connectivity index (χ3n) is 3.78. The number of hydrogen-bond acceptors (Lipinski definition) is 5. The van der Waals surface area contributed by atoms with Crippen molar-refractivity contribution in [2.24, 2.45) is 11.7 Å². The van der Waals surface area contributed by atoms with Gasteiger partial charge in [-0.25, -0.2) is 0 Å². The molecule has 6 nitrogen and oxygen atoms in total. The summed E-state index contributed by atoms with van der Waals surface area (Å²) in [5, 5.41) is 6.48. The van der Waals surface area contributed by atoms with Crippen molar-refractivity contribution in [1.82, 2.24) is 10.1 Å². The van der Waals surface area contributed by atoms with E-state index in [9.17, 15) is 4.79 Å². The predicted octanol–water partition coefficient (Wildman–Crippen LogP) is 0.981. The normalized spacial score (nSPS) is 22.9. The van der Waals surface area contributed by atoms with Crippen LogP contribution in [0, 0.1) is 12.8 Å². The summed E-state index contributed by atoms with van der Waals surface area (Å²) >= 11 is 0. The maximum absolute atomic E-state index is 11.9. The smallest absolute Gasteiger partial charge is 0.239 e. The zero-order valence-electron chi connectivity index (χ0n) is 11.6. The Kier molecular flexibility index (Phi) is 4.55. The Hall–Kier alpha value is -1.40. The number of amides is 1. The lowest BCUT2D eigenvalue weighted by Crippen LogP contribution is -2.41. The number of carbonyl (C=O) groups excluding carboxylic acids is 1. The highest BCUT2D eigenvalue weighted by atomic mass is 16.5. The molecule has 1 saturated carbocycles. The lowest BCUT2D eigenvalue weighted by atomic mass is 10.0. The van der Waals surface area contributed by atoms with Crippen LogP contribution in [-0.4, -0.2) is 42.1 Å². The Morgan fingerprint density at radius 3 is 3.05 bits per heavy atom. The third-order valence-corrected chi connectivity index (χ3v) is 3.78. The average Bonchev–Trinajstić information content (AvgIpc) is 2.97. The van der Waals surface area contributed by atoms with Gasteiger partial charge >= 0.3 is 0 Å². The third kappa shape index (κ3) is 3.54. The maximum atomic E-state index is 11.9. The van der Waals surface area contributed by atoms with E-state index in [0.29, 0.717) is 36.6 Å². The fraction of sp³-hybridized carbons (Fsp3) is 0.692. The van der Waals surface area contributed by atoms with Crippen molar-refractivity contribution in [3.63, 3.8) is 0 Å². The Bertz CT molecular complexity index is 432. The molecule has 3 N–H and O–H groups in total. The molecule has 0 spiro atoms. The average molecular weight is 266 g/mol. The molecule has 2 atom stereocenters. The highest BCUT2D eigenvalue weighted by molar-refractivity contribution is 5.91. The minimum Gasteiger partial charge on any atom is -0.360 e. The van der Waals surface area contributed by atoms with Gasteiger partial charge in [0, 0.05) is 12.1 Å². The summed E-state index contributed by atoms with van der Waals surface area (Å²) in [5.41, 5.74) is 5.77. The molecule has 2 unspecified atom stereocenters. The van der Waals surface area contributed by atoms with Crippen LogP contribution in [0.5, 0.6) is 0 Å². The van der Waals surface area contributed by atoms with Gasteiger partial charge in [0.25, 0.3) is 0 Å². The molecule has 1 aliphatic rings. The summed E-state index contributed by atoms with van der Waals surface area (Å²) in [5.74, 6) is 1.59. The van der Waals surface area contributed by atoms with Gasteiger partial charge in [0.2, 0.25) is 5.91 Å². The number of nitrogens with two attached hydrogens (primary N) is 1. The molecule has 1 aromatic heterocycles. The lowest BCUT2D eigenvalue weighted by molar-refractivity contribution is -0.117. The summed E-state index contributed by atoms with van der Waals surface area (Å²) in [7, 11) is 1.98. The topological polar surface area (TPSA) is 84.4 Å². The van der Waals surface area contributed by atoms with Crippen molar-refractivity contribution in [2.75, 3.05) is 25.5 Å². The van der Waals surface area contributed by atoms with Gasteiger partial charge in [-0.15, -0.1) is 0 Å². The second-order valence-electron chi connectivity index (χ2n) is 5.28. The molecule has 0 aliphatic heterocycles. The molecule has 1 amide bonds. The number of nitrogens with one attached hydrogen (secondary N) is 1. The monoisotopic (exact) mass is 266 g/mol. The molecule has 2 rings (SSSR count). The standard InChI is InChI=1S/C13H22N4O2/c1-9-6-12(16-19-9)15-13(18)8-17(2)11-5-3-4-10(11)7-14/h6,10-11H,3-5,7-8,14H2,1-2H3,(H,15,16,18). The number of hydrogen-bond donors (Lipinski definition) is 2. The van der Waals surface area contributed by atoms with Crippen molar-refractivity contribution in [2.45, 2.75) is 32.2 Å². The minimum absolute atomic E-state index is 0.0709. The van der Waals surface area contributed by atoms with Crippen LogP contribution in [0.1, 0.15) is 25.0 Å². The zero-order valence-corrected chi connectivity index (χ0v) is 11.6. The van der Waals surface area contributed by atoms with E-state index >= 15 is 0 Å². The zero-order chi connectivity index (χ0) is 13.8. The van der Waals surface area contributed by atoms with Crippen molar-refractivity contribution in [3.8, 4) is 0 Å².